The van der Waals surface area contributed by atoms with Crippen LogP contribution in [0.1, 0.15) is 31.7 Å². The minimum Gasteiger partial charge on any atom is -0.493 e. The highest BCUT2D eigenvalue weighted by atomic mass is 16.7. The van der Waals surface area contributed by atoms with Crippen LogP contribution < -0.4 is 19.5 Å². The fourth-order valence-electron chi connectivity index (χ4n) is 2.59. The molecule has 0 saturated heterocycles. The second kappa shape index (κ2) is 4.93. The van der Waals surface area contributed by atoms with E-state index in [0.29, 0.717) is 5.41 Å². The molecule has 0 radical (unpaired) electrons. The molecule has 1 aromatic rings. The second-order valence-electron chi connectivity index (χ2n) is 5.49. The van der Waals surface area contributed by atoms with Gasteiger partial charge in [0.25, 0.3) is 0 Å². The van der Waals surface area contributed by atoms with Crippen LogP contribution in [0, 0.1) is 5.41 Å². The summed E-state index contributed by atoms with van der Waals surface area (Å²) in [5, 5.41) is 3.55. The van der Waals surface area contributed by atoms with E-state index in [0.717, 1.165) is 30.3 Å². The highest BCUT2D eigenvalue weighted by Gasteiger charge is 2.39. The summed E-state index contributed by atoms with van der Waals surface area (Å²) in [6.07, 6.45) is 3.99. The average Bonchev–Trinajstić information content (AvgIpc) is 3.06. The van der Waals surface area contributed by atoms with Gasteiger partial charge in [0, 0.05) is 13.1 Å². The van der Waals surface area contributed by atoms with Crippen LogP contribution in [0.15, 0.2) is 12.1 Å². The molecular formula is C15H21NO3. The van der Waals surface area contributed by atoms with E-state index in [-0.39, 0.29) is 6.79 Å². The van der Waals surface area contributed by atoms with Crippen molar-refractivity contribution in [3.05, 3.63) is 17.7 Å². The van der Waals surface area contributed by atoms with E-state index in [1.807, 2.05) is 12.1 Å². The average molecular weight is 263 g/mol. The van der Waals surface area contributed by atoms with Gasteiger partial charge in [-0.1, -0.05) is 6.92 Å². The van der Waals surface area contributed by atoms with Crippen molar-refractivity contribution < 1.29 is 14.2 Å². The largest absolute Gasteiger partial charge is 0.493 e. The normalized spacial score (nSPS) is 18.4. The van der Waals surface area contributed by atoms with E-state index >= 15 is 0 Å². The number of rotatable bonds is 6. The maximum atomic E-state index is 5.43. The molecule has 0 spiro atoms. The van der Waals surface area contributed by atoms with Crippen molar-refractivity contribution in [1.29, 1.82) is 0 Å². The van der Waals surface area contributed by atoms with Crippen LogP contribution in [0.4, 0.5) is 0 Å². The molecule has 0 amide bonds. The van der Waals surface area contributed by atoms with Crippen molar-refractivity contribution in [2.45, 2.75) is 32.7 Å². The van der Waals surface area contributed by atoms with E-state index < -0.39 is 0 Å². The van der Waals surface area contributed by atoms with Crippen molar-refractivity contribution in [2.24, 2.45) is 5.41 Å². The number of benzene rings is 1. The first-order valence-electron chi connectivity index (χ1n) is 6.93. The van der Waals surface area contributed by atoms with Gasteiger partial charge in [0.15, 0.2) is 11.5 Å². The summed E-state index contributed by atoms with van der Waals surface area (Å²) in [6, 6.07) is 4.05. The maximum absolute atomic E-state index is 5.43. The summed E-state index contributed by atoms with van der Waals surface area (Å²) in [7, 11) is 1.66. The summed E-state index contributed by atoms with van der Waals surface area (Å²) >= 11 is 0. The smallest absolute Gasteiger partial charge is 0.231 e. The maximum Gasteiger partial charge on any atom is 0.231 e. The summed E-state index contributed by atoms with van der Waals surface area (Å²) < 4.78 is 16.2. The molecule has 2 aliphatic rings. The molecule has 1 heterocycles. The number of ether oxygens (including phenoxy) is 3. The summed E-state index contributed by atoms with van der Waals surface area (Å²) in [5.74, 6) is 2.26. The van der Waals surface area contributed by atoms with Crippen molar-refractivity contribution in [1.82, 2.24) is 5.32 Å². The van der Waals surface area contributed by atoms with Crippen molar-refractivity contribution in [2.75, 3.05) is 20.4 Å². The zero-order chi connectivity index (χ0) is 13.3. The van der Waals surface area contributed by atoms with Gasteiger partial charge in [-0.25, -0.2) is 0 Å². The molecule has 4 nitrogen and oxygen atoms in total. The van der Waals surface area contributed by atoms with Crippen molar-refractivity contribution >= 4 is 0 Å². The Balaban J connectivity index is 1.65. The lowest BCUT2D eigenvalue weighted by molar-refractivity contribution is 0.171. The van der Waals surface area contributed by atoms with Gasteiger partial charge in [0.1, 0.15) is 0 Å². The van der Waals surface area contributed by atoms with Crippen LogP contribution in [-0.4, -0.2) is 20.4 Å². The highest BCUT2D eigenvalue weighted by molar-refractivity contribution is 5.55. The number of hydrogen-bond acceptors (Lipinski definition) is 4. The van der Waals surface area contributed by atoms with Crippen LogP contribution in [0.3, 0.4) is 0 Å². The molecule has 3 rings (SSSR count). The first-order valence-corrected chi connectivity index (χ1v) is 6.93. The third-order valence-corrected chi connectivity index (χ3v) is 4.25. The lowest BCUT2D eigenvalue weighted by Crippen LogP contribution is -2.23. The minimum atomic E-state index is 0.279. The molecular weight excluding hydrogens is 242 g/mol. The molecule has 19 heavy (non-hydrogen) atoms. The van der Waals surface area contributed by atoms with Gasteiger partial charge in [0.05, 0.1) is 7.11 Å². The fraction of sp³-hybridized carbons (Fsp3) is 0.600. The third kappa shape index (κ3) is 2.50. The van der Waals surface area contributed by atoms with Crippen LogP contribution in [0.5, 0.6) is 17.2 Å². The highest BCUT2D eigenvalue weighted by Crippen LogP contribution is 2.48. The first-order chi connectivity index (χ1) is 9.26. The Morgan fingerprint density at radius 3 is 2.84 bits per heavy atom. The van der Waals surface area contributed by atoms with Crippen LogP contribution >= 0.6 is 0 Å². The Morgan fingerprint density at radius 1 is 1.32 bits per heavy atom. The van der Waals surface area contributed by atoms with Crippen LogP contribution in [-0.2, 0) is 6.54 Å². The van der Waals surface area contributed by atoms with Crippen LogP contribution in [0.25, 0.3) is 0 Å². The monoisotopic (exact) mass is 263 g/mol. The molecule has 1 aliphatic carbocycles. The lowest BCUT2D eigenvalue weighted by Gasteiger charge is -2.14. The quantitative estimate of drug-likeness (QED) is 0.856. The van der Waals surface area contributed by atoms with Gasteiger partial charge in [-0.05, 0) is 42.4 Å². The predicted molar refractivity (Wildman–Crippen MR) is 72.8 cm³/mol. The van der Waals surface area contributed by atoms with Crippen LogP contribution in [0.2, 0.25) is 0 Å². The fourth-order valence-corrected chi connectivity index (χ4v) is 2.59. The Morgan fingerprint density at radius 2 is 2.16 bits per heavy atom. The SMILES string of the molecule is CCC1(CNCc2cc(OC)c3c(c2)OCO3)CC1. The zero-order valence-electron chi connectivity index (χ0n) is 11.6. The van der Waals surface area contributed by atoms with E-state index in [1.54, 1.807) is 7.11 Å². The van der Waals surface area contributed by atoms with Gasteiger partial charge in [-0.2, -0.15) is 0 Å². The molecule has 0 unspecified atom stereocenters. The lowest BCUT2D eigenvalue weighted by atomic mass is 10.0. The van der Waals surface area contributed by atoms with E-state index in [9.17, 15) is 0 Å². The van der Waals surface area contributed by atoms with Gasteiger partial charge < -0.3 is 19.5 Å². The molecule has 4 heteroatoms. The second-order valence-corrected chi connectivity index (χ2v) is 5.49. The Hall–Kier alpha value is -1.42. The van der Waals surface area contributed by atoms with Crippen molar-refractivity contribution in [3.63, 3.8) is 0 Å². The van der Waals surface area contributed by atoms with Gasteiger partial charge in [0.2, 0.25) is 12.5 Å². The third-order valence-electron chi connectivity index (χ3n) is 4.25. The zero-order valence-corrected chi connectivity index (χ0v) is 11.6. The Labute approximate surface area is 114 Å². The van der Waals surface area contributed by atoms with Gasteiger partial charge in [-0.3, -0.25) is 0 Å². The number of hydrogen-bond donors (Lipinski definition) is 1. The molecule has 0 atom stereocenters. The Kier molecular flexibility index (Phi) is 3.27. The standard InChI is InChI=1S/C15H21NO3/c1-3-15(4-5-15)9-16-8-11-6-12(17-2)14-13(7-11)18-10-19-14/h6-7,16H,3-5,8-10H2,1-2H3. The molecule has 104 valence electrons. The summed E-state index contributed by atoms with van der Waals surface area (Å²) in [6.45, 7) is 4.49. The van der Waals surface area contributed by atoms with Gasteiger partial charge in [-0.15, -0.1) is 0 Å². The number of fused-ring (bicyclic) bond motifs is 1. The molecule has 0 bridgehead atoms. The molecule has 1 N–H and O–H groups in total. The van der Waals surface area contributed by atoms with E-state index in [4.69, 9.17) is 14.2 Å². The Bertz CT molecular complexity index is 469. The van der Waals surface area contributed by atoms with E-state index in [1.165, 1.54) is 24.8 Å². The summed E-state index contributed by atoms with van der Waals surface area (Å²) in [4.78, 5) is 0. The molecule has 1 aliphatic heterocycles. The number of methoxy groups -OCH3 is 1. The predicted octanol–water partition coefficient (Wildman–Crippen LogP) is 2.70. The van der Waals surface area contributed by atoms with E-state index in [2.05, 4.69) is 12.2 Å². The molecule has 1 fully saturated rings. The topological polar surface area (TPSA) is 39.7 Å². The molecule has 1 saturated carbocycles. The van der Waals surface area contributed by atoms with Gasteiger partial charge >= 0.3 is 0 Å². The number of nitrogens with one attached hydrogen (secondary N) is 1. The minimum absolute atomic E-state index is 0.279. The molecule has 0 aromatic heterocycles. The molecule has 1 aromatic carbocycles. The summed E-state index contributed by atoms with van der Waals surface area (Å²) in [5.41, 5.74) is 1.74. The first kappa shape index (κ1) is 12.6. The van der Waals surface area contributed by atoms with Crippen molar-refractivity contribution in [3.8, 4) is 17.2 Å².